The van der Waals surface area contributed by atoms with Crippen LogP contribution in [-0.2, 0) is 32.0 Å². The summed E-state index contributed by atoms with van der Waals surface area (Å²) in [5.41, 5.74) is 5.74. The van der Waals surface area contributed by atoms with Gasteiger partial charge in [-0.25, -0.2) is 0 Å². The summed E-state index contributed by atoms with van der Waals surface area (Å²) < 4.78 is 5.26. The second kappa shape index (κ2) is 9.77. The number of rotatable bonds is 7. The molecule has 2 aromatic rings. The number of para-hydroxylation sites is 1. The van der Waals surface area contributed by atoms with Crippen LogP contribution in [0.3, 0.4) is 0 Å². The van der Waals surface area contributed by atoms with Gasteiger partial charge in [0.05, 0.1) is 5.92 Å². The standard InChI is InChI=1S/C25H30N2O4/c1-5-18-8-7-9-19(6-2)24(18)26-22(28)15-31-25(30)20-13-23(29)27(14-20)21-12-16(3)10-11-17(21)4/h7-12,20H,5-6,13-15H2,1-4H3,(H,26,28)/t20-/m0/s1. The van der Waals surface area contributed by atoms with Crippen LogP contribution in [0.1, 0.15) is 42.5 Å². The van der Waals surface area contributed by atoms with Crippen LogP contribution in [0.4, 0.5) is 11.4 Å². The maximum absolute atomic E-state index is 12.5. The average Bonchev–Trinajstić information content (AvgIpc) is 3.15. The molecule has 2 amide bonds. The number of nitrogens with one attached hydrogen (secondary N) is 1. The minimum Gasteiger partial charge on any atom is -0.455 e. The lowest BCUT2D eigenvalue weighted by molar-refractivity contribution is -0.151. The van der Waals surface area contributed by atoms with Crippen molar-refractivity contribution < 1.29 is 19.1 Å². The summed E-state index contributed by atoms with van der Waals surface area (Å²) in [6.07, 6.45) is 1.68. The molecule has 1 N–H and O–H groups in total. The van der Waals surface area contributed by atoms with Crippen LogP contribution < -0.4 is 10.2 Å². The molecule has 2 aromatic carbocycles. The largest absolute Gasteiger partial charge is 0.455 e. The van der Waals surface area contributed by atoms with Gasteiger partial charge in [-0.05, 0) is 55.0 Å². The Morgan fingerprint density at radius 1 is 1.10 bits per heavy atom. The molecule has 1 aliphatic rings. The molecule has 1 heterocycles. The van der Waals surface area contributed by atoms with Gasteiger partial charge in [0, 0.05) is 24.3 Å². The van der Waals surface area contributed by atoms with Gasteiger partial charge in [-0.2, -0.15) is 0 Å². The summed E-state index contributed by atoms with van der Waals surface area (Å²) in [5.74, 6) is -1.57. The molecule has 0 unspecified atom stereocenters. The summed E-state index contributed by atoms with van der Waals surface area (Å²) in [6, 6.07) is 11.8. The molecule has 6 heteroatoms. The molecule has 1 fully saturated rings. The lowest BCUT2D eigenvalue weighted by atomic mass is 10.0. The smallest absolute Gasteiger partial charge is 0.311 e. The highest BCUT2D eigenvalue weighted by Crippen LogP contribution is 2.29. The van der Waals surface area contributed by atoms with Crippen LogP contribution in [-0.4, -0.2) is 30.9 Å². The highest BCUT2D eigenvalue weighted by Gasteiger charge is 2.37. The van der Waals surface area contributed by atoms with Crippen LogP contribution in [0.2, 0.25) is 0 Å². The van der Waals surface area contributed by atoms with Crippen LogP contribution in [0.5, 0.6) is 0 Å². The number of esters is 1. The van der Waals surface area contributed by atoms with Crippen molar-refractivity contribution in [2.75, 3.05) is 23.4 Å². The Hall–Kier alpha value is -3.15. The SMILES string of the molecule is CCc1cccc(CC)c1NC(=O)COC(=O)[C@H]1CC(=O)N(c2cc(C)ccc2C)C1. The van der Waals surface area contributed by atoms with E-state index in [0.717, 1.165) is 46.5 Å². The van der Waals surface area contributed by atoms with Crippen LogP contribution >= 0.6 is 0 Å². The van der Waals surface area contributed by atoms with E-state index >= 15 is 0 Å². The molecular formula is C25H30N2O4. The van der Waals surface area contributed by atoms with E-state index in [1.807, 2.05) is 64.1 Å². The minimum atomic E-state index is -0.575. The van der Waals surface area contributed by atoms with E-state index in [9.17, 15) is 14.4 Å². The molecule has 1 aliphatic heterocycles. The predicted octanol–water partition coefficient (Wildman–Crippen LogP) is 3.96. The highest BCUT2D eigenvalue weighted by molar-refractivity contribution is 6.00. The first kappa shape index (κ1) is 22.5. The lowest BCUT2D eigenvalue weighted by Gasteiger charge is -2.19. The van der Waals surface area contributed by atoms with E-state index in [4.69, 9.17) is 4.74 Å². The summed E-state index contributed by atoms with van der Waals surface area (Å²) in [7, 11) is 0. The fourth-order valence-corrected chi connectivity index (χ4v) is 3.94. The molecule has 0 saturated carbocycles. The van der Waals surface area contributed by atoms with Crippen molar-refractivity contribution in [3.05, 3.63) is 58.7 Å². The first-order valence-electron chi connectivity index (χ1n) is 10.8. The number of hydrogen-bond acceptors (Lipinski definition) is 4. The third kappa shape index (κ3) is 5.13. The number of aryl methyl sites for hydroxylation is 4. The second-order valence-electron chi connectivity index (χ2n) is 8.01. The normalized spacial score (nSPS) is 15.8. The van der Waals surface area contributed by atoms with Crippen LogP contribution in [0.15, 0.2) is 36.4 Å². The van der Waals surface area contributed by atoms with E-state index in [-0.39, 0.29) is 31.4 Å². The predicted molar refractivity (Wildman–Crippen MR) is 121 cm³/mol. The Labute approximate surface area is 183 Å². The van der Waals surface area contributed by atoms with E-state index in [2.05, 4.69) is 5.32 Å². The molecule has 3 rings (SSSR count). The molecule has 0 bridgehead atoms. The topological polar surface area (TPSA) is 75.7 Å². The van der Waals surface area contributed by atoms with Gasteiger partial charge in [-0.3, -0.25) is 14.4 Å². The van der Waals surface area contributed by atoms with Gasteiger partial charge >= 0.3 is 5.97 Å². The molecule has 6 nitrogen and oxygen atoms in total. The quantitative estimate of drug-likeness (QED) is 0.685. The zero-order valence-electron chi connectivity index (χ0n) is 18.7. The van der Waals surface area contributed by atoms with Crippen LogP contribution in [0.25, 0.3) is 0 Å². The second-order valence-corrected chi connectivity index (χ2v) is 8.01. The molecule has 31 heavy (non-hydrogen) atoms. The van der Waals surface area contributed by atoms with Gasteiger partial charge in [-0.15, -0.1) is 0 Å². The Bertz CT molecular complexity index is 977. The van der Waals surface area contributed by atoms with E-state index in [1.54, 1.807) is 4.90 Å². The molecule has 164 valence electrons. The third-order valence-electron chi connectivity index (χ3n) is 5.72. The Balaban J connectivity index is 1.60. The monoisotopic (exact) mass is 422 g/mol. The molecule has 0 spiro atoms. The van der Waals surface area contributed by atoms with Crippen molar-refractivity contribution in [1.82, 2.24) is 0 Å². The van der Waals surface area contributed by atoms with Crippen molar-refractivity contribution >= 4 is 29.2 Å². The Morgan fingerprint density at radius 3 is 2.42 bits per heavy atom. The van der Waals surface area contributed by atoms with Gasteiger partial charge in [0.15, 0.2) is 6.61 Å². The van der Waals surface area contributed by atoms with Crippen molar-refractivity contribution in [2.45, 2.75) is 47.0 Å². The fourth-order valence-electron chi connectivity index (χ4n) is 3.94. The van der Waals surface area contributed by atoms with E-state index in [0.29, 0.717) is 0 Å². The first-order chi connectivity index (χ1) is 14.8. The number of hydrogen-bond donors (Lipinski definition) is 1. The van der Waals surface area contributed by atoms with Gasteiger partial charge in [0.2, 0.25) is 5.91 Å². The minimum absolute atomic E-state index is 0.0898. The van der Waals surface area contributed by atoms with Crippen molar-refractivity contribution in [3.8, 4) is 0 Å². The Morgan fingerprint density at radius 2 is 1.77 bits per heavy atom. The van der Waals surface area contributed by atoms with E-state index < -0.39 is 11.9 Å². The molecule has 1 saturated heterocycles. The highest BCUT2D eigenvalue weighted by atomic mass is 16.5. The van der Waals surface area contributed by atoms with Crippen molar-refractivity contribution in [2.24, 2.45) is 5.92 Å². The Kier molecular flexibility index (Phi) is 7.10. The molecule has 0 aromatic heterocycles. The number of carbonyl (C=O) groups is 3. The molecular weight excluding hydrogens is 392 g/mol. The first-order valence-corrected chi connectivity index (χ1v) is 10.8. The van der Waals surface area contributed by atoms with Crippen LogP contribution in [0, 0.1) is 19.8 Å². The number of nitrogens with zero attached hydrogens (tertiary/aromatic N) is 1. The fraction of sp³-hybridized carbons (Fsp3) is 0.400. The van der Waals surface area contributed by atoms with Gasteiger partial charge in [-0.1, -0.05) is 44.2 Å². The van der Waals surface area contributed by atoms with Gasteiger partial charge in [0.25, 0.3) is 5.91 Å². The molecule has 0 aliphatic carbocycles. The van der Waals surface area contributed by atoms with Crippen molar-refractivity contribution in [1.29, 1.82) is 0 Å². The van der Waals surface area contributed by atoms with Crippen molar-refractivity contribution in [3.63, 3.8) is 0 Å². The molecule has 0 radical (unpaired) electrons. The van der Waals surface area contributed by atoms with Gasteiger partial charge < -0.3 is 15.0 Å². The zero-order valence-corrected chi connectivity index (χ0v) is 18.7. The summed E-state index contributed by atoms with van der Waals surface area (Å²) in [6.45, 7) is 7.87. The summed E-state index contributed by atoms with van der Waals surface area (Å²) in [5, 5.41) is 2.89. The average molecular weight is 423 g/mol. The lowest BCUT2D eigenvalue weighted by Crippen LogP contribution is -2.28. The molecule has 1 atom stereocenters. The number of carbonyl (C=O) groups excluding carboxylic acids is 3. The number of ether oxygens (including phenoxy) is 1. The number of benzene rings is 2. The maximum Gasteiger partial charge on any atom is 0.311 e. The number of amides is 2. The third-order valence-corrected chi connectivity index (χ3v) is 5.72. The maximum atomic E-state index is 12.5. The summed E-state index contributed by atoms with van der Waals surface area (Å²) >= 11 is 0. The zero-order chi connectivity index (χ0) is 22.5. The van der Waals surface area contributed by atoms with Gasteiger partial charge in [0.1, 0.15) is 0 Å². The number of anilines is 2. The van der Waals surface area contributed by atoms with E-state index in [1.165, 1.54) is 0 Å². The summed E-state index contributed by atoms with van der Waals surface area (Å²) in [4.78, 5) is 39.1.